The van der Waals surface area contributed by atoms with Crippen molar-refractivity contribution in [1.29, 1.82) is 0 Å². The Bertz CT molecular complexity index is 856. The summed E-state index contributed by atoms with van der Waals surface area (Å²) in [7, 11) is 2.99. The molecule has 2 aliphatic heterocycles. The Balaban J connectivity index is 1.57. The molecular formula is C24H35N3O5. The molecule has 176 valence electrons. The number of benzene rings is 1. The Morgan fingerprint density at radius 1 is 1.19 bits per heavy atom. The summed E-state index contributed by atoms with van der Waals surface area (Å²) in [6, 6.07) is 5.41. The van der Waals surface area contributed by atoms with Gasteiger partial charge in [0, 0.05) is 37.3 Å². The van der Waals surface area contributed by atoms with E-state index in [9.17, 15) is 14.4 Å². The Morgan fingerprint density at radius 3 is 2.50 bits per heavy atom. The highest BCUT2D eigenvalue weighted by molar-refractivity contribution is 5.98. The number of amides is 3. The number of hydroxylamine groups is 2. The molecule has 8 heteroatoms. The lowest BCUT2D eigenvalue weighted by Crippen LogP contribution is -2.42. The topological polar surface area (TPSA) is 88.2 Å². The highest BCUT2D eigenvalue weighted by Crippen LogP contribution is 2.32. The molecule has 1 unspecified atom stereocenters. The third-order valence-electron chi connectivity index (χ3n) is 6.19. The molecule has 2 aliphatic rings. The van der Waals surface area contributed by atoms with Gasteiger partial charge in [0.05, 0.1) is 7.11 Å². The van der Waals surface area contributed by atoms with Crippen molar-refractivity contribution in [2.45, 2.75) is 58.5 Å². The maximum atomic E-state index is 12.9. The second-order valence-corrected chi connectivity index (χ2v) is 9.73. The third kappa shape index (κ3) is 6.00. The second kappa shape index (κ2) is 9.90. The molecule has 2 heterocycles. The molecule has 1 atom stereocenters. The molecule has 1 aromatic carbocycles. The number of likely N-dealkylation sites (tertiary alicyclic amines) is 1. The maximum absolute atomic E-state index is 12.9. The van der Waals surface area contributed by atoms with Gasteiger partial charge in [-0.05, 0) is 76.5 Å². The van der Waals surface area contributed by atoms with Gasteiger partial charge in [-0.3, -0.25) is 14.4 Å². The van der Waals surface area contributed by atoms with Gasteiger partial charge in [0.25, 0.3) is 5.91 Å². The Morgan fingerprint density at radius 2 is 1.88 bits per heavy atom. The smallest absolute Gasteiger partial charge is 0.410 e. The monoisotopic (exact) mass is 445 g/mol. The second-order valence-electron chi connectivity index (χ2n) is 9.73. The van der Waals surface area contributed by atoms with Gasteiger partial charge in [0.15, 0.2) is 0 Å². The number of anilines is 1. The van der Waals surface area contributed by atoms with Crippen LogP contribution in [0.4, 0.5) is 10.5 Å². The summed E-state index contributed by atoms with van der Waals surface area (Å²) in [5.74, 6) is 0.0597. The molecule has 1 saturated heterocycles. The van der Waals surface area contributed by atoms with Crippen LogP contribution >= 0.6 is 0 Å². The van der Waals surface area contributed by atoms with Gasteiger partial charge in [-0.25, -0.2) is 9.86 Å². The zero-order valence-electron chi connectivity index (χ0n) is 19.8. The first kappa shape index (κ1) is 24.0. The van der Waals surface area contributed by atoms with Gasteiger partial charge < -0.3 is 15.0 Å². The fraction of sp³-hybridized carbons (Fsp3) is 0.625. The average molecular weight is 446 g/mol. The summed E-state index contributed by atoms with van der Waals surface area (Å²) in [5.41, 5.74) is 1.72. The summed E-state index contributed by atoms with van der Waals surface area (Å²) in [5, 5.41) is 4.19. The summed E-state index contributed by atoms with van der Waals surface area (Å²) < 4.78 is 5.47. The van der Waals surface area contributed by atoms with Gasteiger partial charge in [-0.1, -0.05) is 6.07 Å². The first-order valence-corrected chi connectivity index (χ1v) is 11.3. The number of piperidine rings is 1. The number of rotatable bonds is 4. The molecule has 8 nitrogen and oxygen atoms in total. The van der Waals surface area contributed by atoms with Crippen LogP contribution < -0.4 is 5.32 Å². The molecule has 0 aromatic heterocycles. The predicted octanol–water partition coefficient (Wildman–Crippen LogP) is 3.86. The van der Waals surface area contributed by atoms with Crippen LogP contribution in [0.15, 0.2) is 18.2 Å². The zero-order valence-corrected chi connectivity index (χ0v) is 19.8. The molecule has 1 fully saturated rings. The van der Waals surface area contributed by atoms with Crippen molar-refractivity contribution >= 4 is 23.6 Å². The van der Waals surface area contributed by atoms with E-state index in [1.54, 1.807) is 24.1 Å². The first-order chi connectivity index (χ1) is 15.1. The van der Waals surface area contributed by atoms with Gasteiger partial charge in [0.1, 0.15) is 5.60 Å². The number of hydrogen-bond acceptors (Lipinski definition) is 5. The fourth-order valence-corrected chi connectivity index (χ4v) is 4.31. The van der Waals surface area contributed by atoms with Crippen LogP contribution in [0.1, 0.15) is 62.4 Å². The number of fused-ring (bicyclic) bond motifs is 1. The summed E-state index contributed by atoms with van der Waals surface area (Å²) in [6.07, 6.45) is 3.85. The Hall–Kier alpha value is -2.61. The van der Waals surface area contributed by atoms with Crippen molar-refractivity contribution in [3.8, 4) is 0 Å². The Kier molecular flexibility index (Phi) is 7.44. The number of aryl methyl sites for hydroxylation is 1. The molecule has 0 saturated carbocycles. The molecule has 1 aromatic rings. The number of hydrogen-bond donors (Lipinski definition) is 1. The van der Waals surface area contributed by atoms with Crippen molar-refractivity contribution in [1.82, 2.24) is 9.96 Å². The minimum Gasteiger partial charge on any atom is -0.444 e. The van der Waals surface area contributed by atoms with Crippen LogP contribution in [-0.4, -0.2) is 60.7 Å². The maximum Gasteiger partial charge on any atom is 0.410 e. The lowest BCUT2D eigenvalue weighted by atomic mass is 9.84. The minimum absolute atomic E-state index is 0.00279. The summed E-state index contributed by atoms with van der Waals surface area (Å²) in [4.78, 5) is 44.3. The van der Waals surface area contributed by atoms with Crippen LogP contribution in [0.2, 0.25) is 0 Å². The average Bonchev–Trinajstić information content (AvgIpc) is 2.90. The van der Waals surface area contributed by atoms with Crippen molar-refractivity contribution in [2.24, 2.45) is 11.8 Å². The van der Waals surface area contributed by atoms with E-state index in [0.29, 0.717) is 30.3 Å². The van der Waals surface area contributed by atoms with Crippen molar-refractivity contribution < 1.29 is 24.0 Å². The van der Waals surface area contributed by atoms with E-state index < -0.39 is 5.60 Å². The van der Waals surface area contributed by atoms with Crippen molar-refractivity contribution in [2.75, 3.05) is 32.6 Å². The molecule has 1 N–H and O–H groups in total. The predicted molar refractivity (Wildman–Crippen MR) is 121 cm³/mol. The first-order valence-electron chi connectivity index (χ1n) is 11.3. The molecule has 3 amide bonds. The number of ether oxygens (including phenoxy) is 1. The third-order valence-corrected chi connectivity index (χ3v) is 6.19. The van der Waals surface area contributed by atoms with Crippen molar-refractivity contribution in [3.05, 3.63) is 29.3 Å². The van der Waals surface area contributed by atoms with Gasteiger partial charge in [-0.2, -0.15) is 0 Å². The fourth-order valence-electron chi connectivity index (χ4n) is 4.31. The number of carbonyl (C=O) groups is 3. The SMILES string of the molecule is CON(C)C(=O)c1ccc2c(c1)NC(=O)C(CC1CCN(C(=O)OC(C)(C)C)CC1)CC2. The number of nitrogens with one attached hydrogen (secondary N) is 1. The summed E-state index contributed by atoms with van der Waals surface area (Å²) in [6.45, 7) is 6.93. The van der Waals surface area contributed by atoms with Crippen LogP contribution in [0.25, 0.3) is 0 Å². The summed E-state index contributed by atoms with van der Waals surface area (Å²) >= 11 is 0. The molecule has 32 heavy (non-hydrogen) atoms. The van der Waals surface area contributed by atoms with Gasteiger partial charge >= 0.3 is 6.09 Å². The standard InChI is InChI=1S/C24H35N3O5/c1-24(2,3)32-23(30)27-12-10-16(11-13-27)14-18-8-6-17-7-9-19(22(29)26(4)31-5)15-20(17)25-21(18)28/h7,9,15-16,18H,6,8,10-14H2,1-5H3,(H,25,28). The lowest BCUT2D eigenvalue weighted by Gasteiger charge is -2.34. The van der Waals surface area contributed by atoms with E-state index in [1.165, 1.54) is 7.11 Å². The molecule has 0 radical (unpaired) electrons. The van der Waals surface area contributed by atoms with Crippen molar-refractivity contribution in [3.63, 3.8) is 0 Å². The largest absolute Gasteiger partial charge is 0.444 e. The molecule has 3 rings (SSSR count). The van der Waals surface area contributed by atoms with E-state index >= 15 is 0 Å². The van der Waals surface area contributed by atoms with Gasteiger partial charge in [0.2, 0.25) is 5.91 Å². The van der Waals surface area contributed by atoms with Gasteiger partial charge in [-0.15, -0.1) is 0 Å². The molecular weight excluding hydrogens is 410 g/mol. The molecule has 0 spiro atoms. The van der Waals surface area contributed by atoms with E-state index in [4.69, 9.17) is 9.57 Å². The quantitative estimate of drug-likeness (QED) is 0.711. The highest BCUT2D eigenvalue weighted by Gasteiger charge is 2.31. The number of nitrogens with zero attached hydrogens (tertiary/aromatic N) is 2. The van der Waals surface area contributed by atoms with Crippen LogP contribution in [0.5, 0.6) is 0 Å². The lowest BCUT2D eigenvalue weighted by molar-refractivity contribution is -0.120. The van der Waals surface area contributed by atoms with E-state index in [2.05, 4.69) is 5.32 Å². The number of carbonyl (C=O) groups excluding carboxylic acids is 3. The van der Waals surface area contributed by atoms with E-state index in [1.807, 2.05) is 26.8 Å². The highest BCUT2D eigenvalue weighted by atomic mass is 16.7. The van der Waals surface area contributed by atoms with E-state index in [-0.39, 0.29) is 23.8 Å². The van der Waals surface area contributed by atoms with Crippen LogP contribution in [0, 0.1) is 11.8 Å². The Labute approximate surface area is 190 Å². The van der Waals surface area contributed by atoms with Crippen LogP contribution in [-0.2, 0) is 20.8 Å². The van der Waals surface area contributed by atoms with Crippen LogP contribution in [0.3, 0.4) is 0 Å². The van der Waals surface area contributed by atoms with E-state index in [0.717, 1.165) is 42.7 Å². The normalized spacial score (nSPS) is 19.6. The minimum atomic E-state index is -0.495. The molecule has 0 aliphatic carbocycles. The zero-order chi connectivity index (χ0) is 23.5. The molecule has 0 bridgehead atoms.